The minimum Gasteiger partial charge on any atom is -0.481 e. The van der Waals surface area contributed by atoms with E-state index >= 15 is 0 Å². The maximum absolute atomic E-state index is 13.4. The molecule has 1 aromatic heterocycles. The Bertz CT molecular complexity index is 1110. The van der Waals surface area contributed by atoms with Crippen LogP contribution in [0.5, 0.6) is 0 Å². The Kier molecular flexibility index (Phi) is 5.61. The van der Waals surface area contributed by atoms with Crippen LogP contribution >= 0.6 is 0 Å². The molecule has 2 heterocycles. The monoisotopic (exact) mass is 418 g/mol. The van der Waals surface area contributed by atoms with Crippen LogP contribution in [0.1, 0.15) is 37.1 Å². The molecule has 5 nitrogen and oxygen atoms in total. The normalized spacial score (nSPS) is 16.2. The van der Waals surface area contributed by atoms with Crippen LogP contribution in [0.25, 0.3) is 10.9 Å². The Balaban J connectivity index is 1.58. The lowest BCUT2D eigenvalue weighted by Crippen LogP contribution is -2.48. The van der Waals surface area contributed by atoms with Gasteiger partial charge in [-0.2, -0.15) is 0 Å². The fraction of sp³-hybridized carbons (Fsp3) is 0.385. The maximum atomic E-state index is 13.4. The predicted octanol–water partition coefficient (Wildman–Crippen LogP) is 4.31. The van der Waals surface area contributed by atoms with Crippen molar-refractivity contribution in [3.8, 4) is 0 Å². The number of aliphatic carboxylic acids is 1. The van der Waals surface area contributed by atoms with Crippen LogP contribution in [-0.2, 0) is 35.4 Å². The van der Waals surface area contributed by atoms with Crippen LogP contribution in [0.15, 0.2) is 54.6 Å². The third-order valence-electron chi connectivity index (χ3n) is 6.57. The van der Waals surface area contributed by atoms with E-state index in [2.05, 4.69) is 16.7 Å². The number of carboxylic acid groups (broad SMARTS) is 1. The van der Waals surface area contributed by atoms with E-state index in [4.69, 9.17) is 0 Å². The molecule has 0 radical (unpaired) electrons. The number of carbonyl (C=O) groups excluding carboxylic acids is 1. The number of aromatic nitrogens is 1. The number of nitrogens with zero attached hydrogens (tertiary/aromatic N) is 2. The molecular weight excluding hydrogens is 388 g/mol. The van der Waals surface area contributed by atoms with E-state index in [0.29, 0.717) is 13.0 Å². The van der Waals surface area contributed by atoms with Gasteiger partial charge in [0.15, 0.2) is 0 Å². The van der Waals surface area contributed by atoms with Gasteiger partial charge in [-0.3, -0.25) is 9.59 Å². The topological polar surface area (TPSA) is 62.5 Å². The lowest BCUT2D eigenvalue weighted by Gasteiger charge is -2.37. The summed E-state index contributed by atoms with van der Waals surface area (Å²) < 4.78 is 2.23. The smallest absolute Gasteiger partial charge is 0.307 e. The summed E-state index contributed by atoms with van der Waals surface area (Å²) in [5.74, 6) is -0.664. The van der Waals surface area contributed by atoms with Gasteiger partial charge in [0.2, 0.25) is 5.91 Å². The van der Waals surface area contributed by atoms with E-state index < -0.39 is 11.4 Å². The van der Waals surface area contributed by atoms with Crippen molar-refractivity contribution in [3.05, 3.63) is 71.4 Å². The molecule has 3 aromatic rings. The number of hydrogen-bond acceptors (Lipinski definition) is 2. The molecule has 1 aliphatic heterocycles. The van der Waals surface area contributed by atoms with E-state index in [1.807, 2.05) is 68.3 Å². The number of fused-ring (bicyclic) bond motifs is 3. The highest BCUT2D eigenvalue weighted by Gasteiger charge is 2.36. The Morgan fingerprint density at radius 3 is 2.48 bits per heavy atom. The van der Waals surface area contributed by atoms with Gasteiger partial charge in [0, 0.05) is 41.6 Å². The summed E-state index contributed by atoms with van der Waals surface area (Å²) in [6.07, 6.45) is 2.35. The molecule has 4 rings (SSSR count). The summed E-state index contributed by atoms with van der Waals surface area (Å²) in [5.41, 5.74) is 3.74. The van der Waals surface area contributed by atoms with E-state index in [1.165, 1.54) is 0 Å². The number of rotatable bonds is 6. The van der Waals surface area contributed by atoms with Gasteiger partial charge in [0.1, 0.15) is 0 Å². The Labute approximate surface area is 183 Å². The van der Waals surface area contributed by atoms with Gasteiger partial charge in [-0.25, -0.2) is 0 Å². The number of likely N-dealkylation sites (N-methyl/N-ethyl adjacent to an activating group) is 1. The molecule has 31 heavy (non-hydrogen) atoms. The average molecular weight is 419 g/mol. The number of benzene rings is 2. The largest absolute Gasteiger partial charge is 0.481 e. The quantitative estimate of drug-likeness (QED) is 0.649. The van der Waals surface area contributed by atoms with Crippen LogP contribution < -0.4 is 0 Å². The third-order valence-corrected chi connectivity index (χ3v) is 6.57. The van der Waals surface area contributed by atoms with Crippen LogP contribution in [0, 0.1) is 5.41 Å². The minimum atomic E-state index is -0.809. The zero-order chi connectivity index (χ0) is 22.2. The van der Waals surface area contributed by atoms with Gasteiger partial charge in [-0.1, -0.05) is 62.4 Å². The highest BCUT2D eigenvalue weighted by Crippen LogP contribution is 2.33. The van der Waals surface area contributed by atoms with Gasteiger partial charge in [-0.05, 0) is 36.5 Å². The fourth-order valence-electron chi connectivity index (χ4n) is 5.02. The molecule has 0 saturated heterocycles. The average Bonchev–Trinajstić information content (AvgIpc) is 3.06. The molecule has 1 unspecified atom stereocenters. The summed E-state index contributed by atoms with van der Waals surface area (Å²) in [4.78, 5) is 26.8. The lowest BCUT2D eigenvalue weighted by molar-refractivity contribution is -0.141. The first-order chi connectivity index (χ1) is 14.8. The van der Waals surface area contributed by atoms with Crippen LogP contribution in [-0.4, -0.2) is 39.5 Å². The Morgan fingerprint density at radius 1 is 1.10 bits per heavy atom. The molecule has 0 fully saturated rings. The number of para-hydroxylation sites is 1. The van der Waals surface area contributed by atoms with Crippen molar-refractivity contribution in [2.45, 2.75) is 52.1 Å². The third kappa shape index (κ3) is 4.09. The Hall–Kier alpha value is -3.08. The predicted molar refractivity (Wildman–Crippen MR) is 122 cm³/mol. The summed E-state index contributed by atoms with van der Waals surface area (Å²) in [5, 5.41) is 10.4. The van der Waals surface area contributed by atoms with Gasteiger partial charge in [0.25, 0.3) is 0 Å². The van der Waals surface area contributed by atoms with Crippen LogP contribution in [0.3, 0.4) is 0 Å². The van der Waals surface area contributed by atoms with Gasteiger partial charge < -0.3 is 14.6 Å². The van der Waals surface area contributed by atoms with E-state index in [1.54, 1.807) is 0 Å². The van der Waals surface area contributed by atoms with Crippen molar-refractivity contribution in [1.29, 1.82) is 0 Å². The fourth-order valence-corrected chi connectivity index (χ4v) is 5.02. The van der Waals surface area contributed by atoms with E-state index in [-0.39, 0.29) is 18.4 Å². The summed E-state index contributed by atoms with van der Waals surface area (Å²) in [6.45, 7) is 4.73. The first-order valence-corrected chi connectivity index (χ1v) is 10.9. The second kappa shape index (κ2) is 8.22. The molecule has 0 bridgehead atoms. The van der Waals surface area contributed by atoms with E-state index in [9.17, 15) is 14.7 Å². The first-order valence-electron chi connectivity index (χ1n) is 10.9. The Morgan fingerprint density at radius 2 is 1.77 bits per heavy atom. The molecule has 0 spiro atoms. The molecule has 0 saturated carbocycles. The van der Waals surface area contributed by atoms with Gasteiger partial charge >= 0.3 is 5.97 Å². The van der Waals surface area contributed by atoms with Gasteiger partial charge in [0.05, 0.1) is 6.42 Å². The standard InChI is InChI=1S/C26H30N2O3/c1-26(2,16-18-9-5-4-6-10-18)25(31)27(3)19-13-14-23-21(15-24(29)30)20-11-7-8-12-22(20)28(23)17-19/h4-12,19H,13-17H2,1-3H3,(H,29,30). The molecule has 0 aliphatic carbocycles. The van der Waals surface area contributed by atoms with E-state index in [0.717, 1.165) is 40.6 Å². The van der Waals surface area contributed by atoms with Crippen molar-refractivity contribution < 1.29 is 14.7 Å². The zero-order valence-corrected chi connectivity index (χ0v) is 18.5. The first kappa shape index (κ1) is 21.2. The molecule has 162 valence electrons. The zero-order valence-electron chi connectivity index (χ0n) is 18.5. The molecular formula is C26H30N2O3. The van der Waals surface area contributed by atoms with Gasteiger partial charge in [-0.15, -0.1) is 0 Å². The van der Waals surface area contributed by atoms with Crippen molar-refractivity contribution in [1.82, 2.24) is 9.47 Å². The highest BCUT2D eigenvalue weighted by molar-refractivity contribution is 5.89. The maximum Gasteiger partial charge on any atom is 0.307 e. The molecule has 5 heteroatoms. The second-order valence-electron chi connectivity index (χ2n) is 9.28. The summed E-state index contributed by atoms with van der Waals surface area (Å²) >= 11 is 0. The lowest BCUT2D eigenvalue weighted by atomic mass is 9.83. The number of amides is 1. The molecule has 1 atom stereocenters. The molecule has 1 amide bonds. The number of carboxylic acids is 1. The summed E-state index contributed by atoms with van der Waals surface area (Å²) in [6, 6.07) is 18.2. The van der Waals surface area contributed by atoms with Crippen LogP contribution in [0.4, 0.5) is 0 Å². The second-order valence-corrected chi connectivity index (χ2v) is 9.28. The number of carbonyl (C=O) groups is 2. The number of hydrogen-bond donors (Lipinski definition) is 1. The molecule has 1 aliphatic rings. The van der Waals surface area contributed by atoms with Crippen LogP contribution in [0.2, 0.25) is 0 Å². The highest BCUT2D eigenvalue weighted by atomic mass is 16.4. The molecule has 1 N–H and O–H groups in total. The van der Waals surface area contributed by atoms with Crippen molar-refractivity contribution in [2.24, 2.45) is 5.41 Å². The SMILES string of the molecule is CN(C(=O)C(C)(C)Cc1ccccc1)C1CCc2c(CC(=O)O)c3ccccc3n2C1. The molecule has 2 aromatic carbocycles. The van der Waals surface area contributed by atoms with Crippen molar-refractivity contribution in [3.63, 3.8) is 0 Å². The van der Waals surface area contributed by atoms with Crippen molar-refractivity contribution >= 4 is 22.8 Å². The van der Waals surface area contributed by atoms with Crippen molar-refractivity contribution in [2.75, 3.05) is 7.05 Å². The minimum absolute atomic E-state index is 0.0341. The summed E-state index contributed by atoms with van der Waals surface area (Å²) in [7, 11) is 1.91.